The summed E-state index contributed by atoms with van der Waals surface area (Å²) in [6.07, 6.45) is -0.892. The molecule has 1 unspecified atom stereocenters. The number of β-lactam (4-membered cyclic amide) rings is 1. The number of nitrogens with zero attached hydrogens (tertiary/aromatic N) is 1. The van der Waals surface area contributed by atoms with E-state index in [-0.39, 0.29) is 19.8 Å². The second-order valence-electron chi connectivity index (χ2n) is 10.8. The van der Waals surface area contributed by atoms with E-state index in [1.807, 2.05) is 80.6 Å². The second kappa shape index (κ2) is 12.8. The van der Waals surface area contributed by atoms with Gasteiger partial charge in [-0.1, -0.05) is 107 Å². The van der Waals surface area contributed by atoms with Gasteiger partial charge in [-0.05, 0) is 30.5 Å². The number of rotatable bonds is 10. The van der Waals surface area contributed by atoms with Crippen molar-refractivity contribution in [3.05, 3.63) is 108 Å². The number of esters is 2. The van der Waals surface area contributed by atoms with Crippen LogP contribution in [0.5, 0.6) is 0 Å². The summed E-state index contributed by atoms with van der Waals surface area (Å²) in [7, 11) is 0. The molecule has 2 saturated heterocycles. The number of nitrogens with one attached hydrogen (secondary N) is 1. The molecule has 2 amide bonds. The van der Waals surface area contributed by atoms with Crippen LogP contribution in [0.15, 0.2) is 91.0 Å². The molecule has 0 radical (unpaired) electrons. The average molecular weight is 668 g/mol. The Morgan fingerprint density at radius 1 is 0.814 bits per heavy atom. The molecule has 5 rings (SSSR count). The van der Waals surface area contributed by atoms with Crippen LogP contribution in [0.2, 0.25) is 0 Å². The highest BCUT2D eigenvalue weighted by molar-refractivity contribution is 9.10. The van der Waals surface area contributed by atoms with Crippen LogP contribution >= 0.6 is 27.7 Å². The number of amides is 2. The van der Waals surface area contributed by atoms with Crippen LogP contribution in [0, 0.1) is 0 Å². The van der Waals surface area contributed by atoms with E-state index in [2.05, 4.69) is 21.2 Å². The maximum absolute atomic E-state index is 13.9. The van der Waals surface area contributed by atoms with Crippen LogP contribution in [-0.4, -0.2) is 55.4 Å². The average Bonchev–Trinajstić information content (AvgIpc) is 3.30. The first-order chi connectivity index (χ1) is 20.6. The minimum Gasteiger partial charge on any atom is -0.459 e. The third-order valence-electron chi connectivity index (χ3n) is 7.33. The first-order valence-electron chi connectivity index (χ1n) is 13.7. The molecule has 43 heavy (non-hydrogen) atoms. The third-order valence-corrected chi connectivity index (χ3v) is 10.5. The second-order valence-corrected chi connectivity index (χ2v) is 13.8. The summed E-state index contributed by atoms with van der Waals surface area (Å²) in [4.78, 5) is 55.1. The molecular formula is C32H31BrN2O7S. The van der Waals surface area contributed by atoms with Crippen LogP contribution in [0.1, 0.15) is 30.5 Å². The Bertz CT molecular complexity index is 1470. The summed E-state index contributed by atoms with van der Waals surface area (Å²) in [5, 5.41) is 1.88. The largest absolute Gasteiger partial charge is 0.459 e. The standard InChI is InChI=1S/C32H31BrN2O7S/c1-31(2)25(27(37)41-19-22-14-8-4-9-15-22)35-28(38)32(33,29(35)43-31)24(26(36)40-18-21-12-6-3-7-13-21)34-30(39)42-20-23-16-10-5-11-17-23/h3-17,24-25,29H,18-20H2,1-2H3,(H,34,39)/t24?,25-,29+,32-/m0/s1. The van der Waals surface area contributed by atoms with E-state index in [9.17, 15) is 19.2 Å². The molecular weight excluding hydrogens is 636 g/mol. The lowest BCUT2D eigenvalue weighted by atomic mass is 9.86. The fourth-order valence-electron chi connectivity index (χ4n) is 5.13. The molecule has 2 aliphatic rings. The van der Waals surface area contributed by atoms with Crippen LogP contribution in [0.4, 0.5) is 4.79 Å². The molecule has 0 bridgehead atoms. The molecule has 3 aromatic rings. The number of hydrogen-bond donors (Lipinski definition) is 1. The van der Waals surface area contributed by atoms with Crippen molar-refractivity contribution in [2.24, 2.45) is 0 Å². The molecule has 1 N–H and O–H groups in total. The summed E-state index contributed by atoms with van der Waals surface area (Å²) in [6.45, 7) is 3.65. The number of alkyl carbamates (subject to hydrolysis) is 1. The summed E-state index contributed by atoms with van der Waals surface area (Å²) in [5.74, 6) is -1.91. The van der Waals surface area contributed by atoms with Gasteiger partial charge in [0.25, 0.3) is 0 Å². The van der Waals surface area contributed by atoms with E-state index in [1.54, 1.807) is 24.3 Å². The Morgan fingerprint density at radius 2 is 1.28 bits per heavy atom. The maximum atomic E-state index is 13.9. The SMILES string of the molecule is CC1(C)S[C@H]2N(C(=O)[C@@]2(Br)C(NC(=O)OCc2ccccc2)C(=O)OCc2ccccc2)[C@H]1C(=O)OCc1ccccc1. The number of halogens is 1. The lowest BCUT2D eigenvalue weighted by Crippen LogP contribution is -2.78. The Hall–Kier alpha value is -3.83. The van der Waals surface area contributed by atoms with Gasteiger partial charge in [-0.3, -0.25) is 4.79 Å². The molecule has 9 nitrogen and oxygen atoms in total. The smallest absolute Gasteiger partial charge is 0.408 e. The maximum Gasteiger partial charge on any atom is 0.408 e. The van der Waals surface area contributed by atoms with Crippen molar-refractivity contribution < 1.29 is 33.4 Å². The summed E-state index contributed by atoms with van der Waals surface area (Å²) < 4.78 is 14.2. The third kappa shape index (κ3) is 6.42. The zero-order chi connectivity index (χ0) is 30.6. The van der Waals surface area contributed by atoms with Crippen molar-refractivity contribution in [1.29, 1.82) is 0 Å². The van der Waals surface area contributed by atoms with E-state index in [0.717, 1.165) is 16.7 Å². The van der Waals surface area contributed by atoms with Gasteiger partial charge in [0.05, 0.1) is 0 Å². The molecule has 224 valence electrons. The van der Waals surface area contributed by atoms with E-state index < -0.39 is 50.5 Å². The van der Waals surface area contributed by atoms with Crippen LogP contribution in [0.25, 0.3) is 0 Å². The van der Waals surface area contributed by atoms with Gasteiger partial charge < -0.3 is 24.4 Å². The predicted molar refractivity (Wildman–Crippen MR) is 164 cm³/mol. The summed E-state index contributed by atoms with van der Waals surface area (Å²) in [6, 6.07) is 25.0. The fraction of sp³-hybridized carbons (Fsp3) is 0.312. The molecule has 2 heterocycles. The van der Waals surface area contributed by atoms with E-state index >= 15 is 0 Å². The summed E-state index contributed by atoms with van der Waals surface area (Å²) >= 11 is 4.87. The lowest BCUT2D eigenvalue weighted by Gasteiger charge is -2.52. The lowest BCUT2D eigenvalue weighted by molar-refractivity contribution is -0.168. The number of alkyl halides is 1. The van der Waals surface area contributed by atoms with Gasteiger partial charge >= 0.3 is 18.0 Å². The quantitative estimate of drug-likeness (QED) is 0.140. The van der Waals surface area contributed by atoms with Gasteiger partial charge in [0.2, 0.25) is 5.91 Å². The number of fused-ring (bicyclic) bond motifs is 1. The highest BCUT2D eigenvalue weighted by Crippen LogP contribution is 2.59. The number of thioether (sulfide) groups is 1. The Labute approximate surface area is 262 Å². The molecule has 11 heteroatoms. The summed E-state index contributed by atoms with van der Waals surface area (Å²) in [5.41, 5.74) is 2.31. The Kier molecular flexibility index (Phi) is 9.12. The zero-order valence-corrected chi connectivity index (χ0v) is 26.0. The van der Waals surface area contributed by atoms with Crippen molar-refractivity contribution in [3.8, 4) is 0 Å². The van der Waals surface area contributed by atoms with Crippen molar-refractivity contribution in [2.45, 2.75) is 60.2 Å². The minimum atomic E-state index is -1.59. The van der Waals surface area contributed by atoms with Crippen LogP contribution in [0.3, 0.4) is 0 Å². The van der Waals surface area contributed by atoms with Crippen LogP contribution < -0.4 is 5.32 Å². The molecule has 0 aliphatic carbocycles. The number of ether oxygens (including phenoxy) is 3. The molecule has 2 fully saturated rings. The number of carbonyl (C=O) groups is 4. The van der Waals surface area contributed by atoms with Gasteiger partial charge in [-0.2, -0.15) is 0 Å². The molecule has 0 spiro atoms. The molecule has 3 aromatic carbocycles. The van der Waals surface area contributed by atoms with E-state index in [4.69, 9.17) is 14.2 Å². The van der Waals surface area contributed by atoms with Gasteiger partial charge in [-0.15, -0.1) is 11.8 Å². The van der Waals surface area contributed by atoms with Crippen LogP contribution in [-0.2, 0) is 48.4 Å². The van der Waals surface area contributed by atoms with Crippen molar-refractivity contribution >= 4 is 51.6 Å². The minimum absolute atomic E-state index is 0.0334. The molecule has 2 aliphatic heterocycles. The molecule has 0 aromatic heterocycles. The Morgan fingerprint density at radius 3 is 1.79 bits per heavy atom. The monoisotopic (exact) mass is 666 g/mol. The van der Waals surface area contributed by atoms with E-state index in [0.29, 0.717) is 0 Å². The van der Waals surface area contributed by atoms with Crippen molar-refractivity contribution in [3.63, 3.8) is 0 Å². The number of carbonyl (C=O) groups excluding carboxylic acids is 4. The number of hydrogen-bond acceptors (Lipinski definition) is 8. The first-order valence-corrected chi connectivity index (χ1v) is 15.4. The fourth-order valence-corrected chi connectivity index (χ4v) is 7.79. The Balaban J connectivity index is 1.34. The topological polar surface area (TPSA) is 111 Å². The first kappa shape index (κ1) is 30.6. The predicted octanol–water partition coefficient (Wildman–Crippen LogP) is 4.96. The number of benzene rings is 3. The highest BCUT2D eigenvalue weighted by Gasteiger charge is 2.74. The van der Waals surface area contributed by atoms with Gasteiger partial charge in [0, 0.05) is 4.75 Å². The molecule has 0 saturated carbocycles. The highest BCUT2D eigenvalue weighted by atomic mass is 79.9. The molecule has 4 atom stereocenters. The van der Waals surface area contributed by atoms with Crippen molar-refractivity contribution in [1.82, 2.24) is 10.2 Å². The van der Waals surface area contributed by atoms with Gasteiger partial charge in [0.15, 0.2) is 10.4 Å². The van der Waals surface area contributed by atoms with Gasteiger partial charge in [0.1, 0.15) is 31.2 Å². The van der Waals surface area contributed by atoms with Gasteiger partial charge in [-0.25, -0.2) is 14.4 Å². The van der Waals surface area contributed by atoms with Crippen molar-refractivity contribution in [2.75, 3.05) is 0 Å². The van der Waals surface area contributed by atoms with E-state index in [1.165, 1.54) is 16.7 Å². The zero-order valence-electron chi connectivity index (χ0n) is 23.6. The normalized spacial score (nSPS) is 22.5.